The molecule has 2 atom stereocenters. The van der Waals surface area contributed by atoms with Gasteiger partial charge in [0.25, 0.3) is 5.91 Å². The minimum Gasteiger partial charge on any atom is -0.454 e. The SMILES string of the molecule is O=C(NCc1cccs1)c1cc2n(n1)[C@@H](C(F)(F)F)C[C@H](c1ccc3c(c1)OCO3)N2. The average Bonchev–Trinajstić information content (AvgIpc) is 3.50. The molecule has 11 heteroatoms. The number of nitrogens with zero attached hydrogens (tertiary/aromatic N) is 2. The van der Waals surface area contributed by atoms with Gasteiger partial charge in [-0.25, -0.2) is 4.68 Å². The van der Waals surface area contributed by atoms with Crippen molar-refractivity contribution in [3.05, 3.63) is 57.9 Å². The highest BCUT2D eigenvalue weighted by atomic mass is 32.1. The molecule has 2 aliphatic heterocycles. The van der Waals surface area contributed by atoms with Crippen molar-refractivity contribution < 1.29 is 27.4 Å². The van der Waals surface area contributed by atoms with Crippen LogP contribution in [-0.2, 0) is 6.54 Å². The summed E-state index contributed by atoms with van der Waals surface area (Å²) in [6.07, 6.45) is -4.80. The van der Waals surface area contributed by atoms with Gasteiger partial charge in [-0.05, 0) is 29.1 Å². The fourth-order valence-electron chi connectivity index (χ4n) is 3.70. The third kappa shape index (κ3) is 3.80. The number of amides is 1. The first-order chi connectivity index (χ1) is 14.9. The summed E-state index contributed by atoms with van der Waals surface area (Å²) in [6, 6.07) is 7.63. The van der Waals surface area contributed by atoms with E-state index < -0.39 is 24.2 Å². The van der Waals surface area contributed by atoms with E-state index in [1.807, 2.05) is 17.5 Å². The van der Waals surface area contributed by atoms with Crippen LogP contribution in [0, 0.1) is 0 Å². The average molecular weight is 450 g/mol. The number of anilines is 1. The normalized spacial score (nSPS) is 19.6. The standard InChI is InChI=1S/C20H17F3N4O3S/c21-20(22,23)17-7-13(11-3-4-15-16(6-11)30-10-29-15)25-18-8-14(26-27(17)18)19(28)24-9-12-2-1-5-31-12/h1-6,8,13,17,25H,7,9-10H2,(H,24,28)/t13-,17-/m1/s1. The number of carbonyl (C=O) groups excluding carboxylic acids is 1. The Hall–Kier alpha value is -3.21. The second-order valence-corrected chi connectivity index (χ2v) is 8.26. The molecular weight excluding hydrogens is 433 g/mol. The summed E-state index contributed by atoms with van der Waals surface area (Å²) in [5.41, 5.74) is 0.564. The Bertz CT molecular complexity index is 1110. The molecule has 5 rings (SSSR count). The molecule has 2 N–H and O–H groups in total. The molecule has 0 bridgehead atoms. The van der Waals surface area contributed by atoms with Crippen LogP contribution in [-0.4, -0.2) is 28.7 Å². The van der Waals surface area contributed by atoms with E-state index in [0.717, 1.165) is 9.56 Å². The molecule has 0 aliphatic carbocycles. The van der Waals surface area contributed by atoms with Crippen LogP contribution in [0.1, 0.15) is 39.4 Å². The number of nitrogens with one attached hydrogen (secondary N) is 2. The number of rotatable bonds is 4. The van der Waals surface area contributed by atoms with Gasteiger partial charge in [0.15, 0.2) is 23.2 Å². The molecule has 0 unspecified atom stereocenters. The maximum atomic E-state index is 13.8. The van der Waals surface area contributed by atoms with Gasteiger partial charge in [0.1, 0.15) is 5.82 Å². The molecule has 162 valence electrons. The lowest BCUT2D eigenvalue weighted by Gasteiger charge is -2.33. The van der Waals surface area contributed by atoms with Gasteiger partial charge in [-0.3, -0.25) is 4.79 Å². The quantitative estimate of drug-likeness (QED) is 0.621. The Morgan fingerprint density at radius 3 is 2.87 bits per heavy atom. The molecule has 0 fully saturated rings. The maximum absolute atomic E-state index is 13.8. The smallest absolute Gasteiger partial charge is 0.410 e. The molecule has 0 saturated heterocycles. The Morgan fingerprint density at radius 2 is 2.10 bits per heavy atom. The Balaban J connectivity index is 1.41. The predicted molar refractivity (Wildman–Crippen MR) is 106 cm³/mol. The maximum Gasteiger partial charge on any atom is 0.410 e. The van der Waals surface area contributed by atoms with Crippen LogP contribution in [0.4, 0.5) is 19.0 Å². The first-order valence-electron chi connectivity index (χ1n) is 9.51. The van der Waals surface area contributed by atoms with Crippen molar-refractivity contribution in [2.75, 3.05) is 12.1 Å². The monoisotopic (exact) mass is 450 g/mol. The molecule has 0 radical (unpaired) electrons. The Kier molecular flexibility index (Phi) is 4.77. The first kappa shape index (κ1) is 19.7. The molecule has 2 aliphatic rings. The molecular formula is C20H17F3N4O3S. The number of ether oxygens (including phenoxy) is 2. The van der Waals surface area contributed by atoms with Crippen LogP contribution in [0.25, 0.3) is 0 Å². The predicted octanol–water partition coefficient (Wildman–Crippen LogP) is 4.26. The lowest BCUT2D eigenvalue weighted by molar-refractivity contribution is -0.173. The molecule has 2 aromatic heterocycles. The number of aromatic nitrogens is 2. The third-order valence-electron chi connectivity index (χ3n) is 5.22. The fraction of sp³-hybridized carbons (Fsp3) is 0.300. The first-order valence-corrected chi connectivity index (χ1v) is 10.4. The van der Waals surface area contributed by atoms with Crippen LogP contribution in [0.2, 0.25) is 0 Å². The van der Waals surface area contributed by atoms with Crippen molar-refractivity contribution in [1.29, 1.82) is 0 Å². The number of alkyl halides is 3. The van der Waals surface area contributed by atoms with Crippen molar-refractivity contribution >= 4 is 23.1 Å². The number of thiophene rings is 1. The van der Waals surface area contributed by atoms with E-state index in [9.17, 15) is 18.0 Å². The highest BCUT2D eigenvalue weighted by Crippen LogP contribution is 2.45. The fourth-order valence-corrected chi connectivity index (χ4v) is 4.35. The number of fused-ring (bicyclic) bond motifs is 2. The van der Waals surface area contributed by atoms with E-state index in [2.05, 4.69) is 15.7 Å². The van der Waals surface area contributed by atoms with Crippen molar-refractivity contribution in [2.45, 2.75) is 31.2 Å². The van der Waals surface area contributed by atoms with E-state index in [1.165, 1.54) is 17.4 Å². The third-order valence-corrected chi connectivity index (χ3v) is 6.10. The largest absolute Gasteiger partial charge is 0.454 e. The van der Waals surface area contributed by atoms with Crippen LogP contribution >= 0.6 is 11.3 Å². The minimum atomic E-state index is -4.53. The molecule has 0 spiro atoms. The van der Waals surface area contributed by atoms with E-state index in [-0.39, 0.29) is 31.3 Å². The van der Waals surface area contributed by atoms with E-state index in [4.69, 9.17) is 9.47 Å². The summed E-state index contributed by atoms with van der Waals surface area (Å²) in [5, 5.41) is 11.6. The van der Waals surface area contributed by atoms with Gasteiger partial charge in [-0.15, -0.1) is 11.3 Å². The lowest BCUT2D eigenvalue weighted by atomic mass is 9.96. The zero-order chi connectivity index (χ0) is 21.6. The molecule has 0 saturated carbocycles. The molecule has 4 heterocycles. The van der Waals surface area contributed by atoms with E-state index >= 15 is 0 Å². The molecule has 3 aromatic rings. The summed E-state index contributed by atoms with van der Waals surface area (Å²) in [4.78, 5) is 13.4. The van der Waals surface area contributed by atoms with Crippen molar-refractivity contribution in [2.24, 2.45) is 0 Å². The molecule has 1 aromatic carbocycles. The zero-order valence-corrected chi connectivity index (χ0v) is 16.8. The molecule has 1 amide bonds. The zero-order valence-electron chi connectivity index (χ0n) is 16.0. The van der Waals surface area contributed by atoms with Crippen LogP contribution in [0.15, 0.2) is 41.8 Å². The minimum absolute atomic E-state index is 0.0698. The second kappa shape index (κ2) is 7.49. The summed E-state index contributed by atoms with van der Waals surface area (Å²) in [5.74, 6) is 0.660. The topological polar surface area (TPSA) is 77.4 Å². The number of carbonyl (C=O) groups is 1. The summed E-state index contributed by atoms with van der Waals surface area (Å²) in [7, 11) is 0. The van der Waals surface area contributed by atoms with Gasteiger partial charge in [-0.2, -0.15) is 18.3 Å². The van der Waals surface area contributed by atoms with Gasteiger partial charge in [0.2, 0.25) is 6.79 Å². The molecule has 7 nitrogen and oxygen atoms in total. The number of hydrogen-bond donors (Lipinski definition) is 2. The molecule has 31 heavy (non-hydrogen) atoms. The summed E-state index contributed by atoms with van der Waals surface area (Å²) < 4.78 is 53.0. The van der Waals surface area contributed by atoms with E-state index in [1.54, 1.807) is 18.2 Å². The van der Waals surface area contributed by atoms with E-state index in [0.29, 0.717) is 17.1 Å². The van der Waals surface area contributed by atoms with Gasteiger partial charge in [-0.1, -0.05) is 12.1 Å². The van der Waals surface area contributed by atoms with Gasteiger partial charge in [0, 0.05) is 17.4 Å². The number of benzene rings is 1. The number of halogens is 3. The summed E-state index contributed by atoms with van der Waals surface area (Å²) >= 11 is 1.48. The van der Waals surface area contributed by atoms with Gasteiger partial charge in [0.05, 0.1) is 12.6 Å². The van der Waals surface area contributed by atoms with Gasteiger partial charge < -0.3 is 20.1 Å². The highest BCUT2D eigenvalue weighted by molar-refractivity contribution is 7.09. The lowest BCUT2D eigenvalue weighted by Crippen LogP contribution is -2.35. The van der Waals surface area contributed by atoms with Gasteiger partial charge >= 0.3 is 6.18 Å². The summed E-state index contributed by atoms with van der Waals surface area (Å²) in [6.45, 7) is 0.368. The van der Waals surface area contributed by atoms with Crippen LogP contribution in [0.5, 0.6) is 11.5 Å². The highest BCUT2D eigenvalue weighted by Gasteiger charge is 2.47. The Labute approximate surface area is 178 Å². The number of hydrogen-bond acceptors (Lipinski definition) is 6. The van der Waals surface area contributed by atoms with Crippen LogP contribution in [0.3, 0.4) is 0 Å². The Morgan fingerprint density at radius 1 is 1.26 bits per heavy atom. The van der Waals surface area contributed by atoms with Crippen molar-refractivity contribution in [1.82, 2.24) is 15.1 Å². The van der Waals surface area contributed by atoms with Crippen molar-refractivity contribution in [3.63, 3.8) is 0 Å². The van der Waals surface area contributed by atoms with Crippen LogP contribution < -0.4 is 20.1 Å². The second-order valence-electron chi connectivity index (χ2n) is 7.22. The van der Waals surface area contributed by atoms with Crippen molar-refractivity contribution in [3.8, 4) is 11.5 Å².